The van der Waals surface area contributed by atoms with Crippen LogP contribution in [0.3, 0.4) is 0 Å². The Kier molecular flexibility index (Phi) is 3.71. The monoisotopic (exact) mass is 167 g/mol. The predicted octanol–water partition coefficient (Wildman–Crippen LogP) is 2.70. The highest BCUT2D eigenvalue weighted by Crippen LogP contribution is 2.09. The van der Waals surface area contributed by atoms with Crippen molar-refractivity contribution in [2.45, 2.75) is 26.7 Å². The minimum atomic E-state index is 0.785. The standard InChI is InChI=1S/C10H17NO/c1-3-10(2)6-8-11-7-4-5-9-12-11/h4-5,7,9-10H,3,6,8H2,1-2H3. The van der Waals surface area contributed by atoms with Crippen LogP contribution in [0.25, 0.3) is 0 Å². The number of hydrogen-bond donors (Lipinski definition) is 0. The van der Waals surface area contributed by atoms with Gasteiger partial charge in [-0.2, -0.15) is 0 Å². The van der Waals surface area contributed by atoms with Crippen molar-refractivity contribution >= 4 is 0 Å². The Bertz CT molecular complexity index is 175. The molecule has 0 aromatic heterocycles. The quantitative estimate of drug-likeness (QED) is 0.638. The van der Waals surface area contributed by atoms with Gasteiger partial charge >= 0.3 is 0 Å². The van der Waals surface area contributed by atoms with Crippen molar-refractivity contribution in [2.24, 2.45) is 5.92 Å². The summed E-state index contributed by atoms with van der Waals surface area (Å²) in [5.41, 5.74) is 0. The number of nitrogens with zero attached hydrogens (tertiary/aromatic N) is 1. The van der Waals surface area contributed by atoms with Gasteiger partial charge in [0.1, 0.15) is 6.26 Å². The molecule has 0 saturated heterocycles. The largest absolute Gasteiger partial charge is 0.388 e. The van der Waals surface area contributed by atoms with Gasteiger partial charge in [-0.05, 0) is 24.5 Å². The van der Waals surface area contributed by atoms with Crippen molar-refractivity contribution in [1.82, 2.24) is 5.06 Å². The minimum absolute atomic E-state index is 0.785. The van der Waals surface area contributed by atoms with Crippen molar-refractivity contribution in [1.29, 1.82) is 0 Å². The number of hydroxylamine groups is 2. The molecule has 1 atom stereocenters. The Hall–Kier alpha value is -0.920. The van der Waals surface area contributed by atoms with Gasteiger partial charge < -0.3 is 4.84 Å². The van der Waals surface area contributed by atoms with Crippen molar-refractivity contribution in [3.05, 3.63) is 24.6 Å². The first-order chi connectivity index (χ1) is 5.83. The molecule has 0 spiro atoms. The lowest BCUT2D eigenvalue weighted by atomic mass is 10.1. The zero-order chi connectivity index (χ0) is 8.81. The van der Waals surface area contributed by atoms with Gasteiger partial charge in [-0.15, -0.1) is 0 Å². The van der Waals surface area contributed by atoms with Gasteiger partial charge in [0.2, 0.25) is 0 Å². The summed E-state index contributed by atoms with van der Waals surface area (Å²) in [6.45, 7) is 5.47. The molecule has 2 heteroatoms. The third-order valence-electron chi connectivity index (χ3n) is 2.18. The molecule has 1 rings (SSSR count). The topological polar surface area (TPSA) is 12.5 Å². The average Bonchev–Trinajstić information content (AvgIpc) is 2.16. The van der Waals surface area contributed by atoms with Crippen LogP contribution in [0.5, 0.6) is 0 Å². The molecule has 2 nitrogen and oxygen atoms in total. The summed E-state index contributed by atoms with van der Waals surface area (Å²) >= 11 is 0. The molecule has 1 aliphatic heterocycles. The minimum Gasteiger partial charge on any atom is -0.388 e. The Morgan fingerprint density at radius 1 is 1.42 bits per heavy atom. The average molecular weight is 167 g/mol. The first kappa shape index (κ1) is 9.17. The summed E-state index contributed by atoms with van der Waals surface area (Å²) < 4.78 is 0. The number of rotatable bonds is 4. The van der Waals surface area contributed by atoms with Crippen LogP contribution >= 0.6 is 0 Å². The lowest BCUT2D eigenvalue weighted by Crippen LogP contribution is -2.19. The Morgan fingerprint density at radius 2 is 2.25 bits per heavy atom. The van der Waals surface area contributed by atoms with Gasteiger partial charge in [-0.25, -0.2) is 5.06 Å². The van der Waals surface area contributed by atoms with Crippen LogP contribution in [0.1, 0.15) is 26.7 Å². The number of hydrogen-bond acceptors (Lipinski definition) is 2. The summed E-state index contributed by atoms with van der Waals surface area (Å²) in [6, 6.07) is 0. The maximum Gasteiger partial charge on any atom is 0.119 e. The van der Waals surface area contributed by atoms with Crippen molar-refractivity contribution in [3.63, 3.8) is 0 Å². The van der Waals surface area contributed by atoms with Crippen molar-refractivity contribution in [2.75, 3.05) is 6.54 Å². The van der Waals surface area contributed by atoms with E-state index < -0.39 is 0 Å². The van der Waals surface area contributed by atoms with Gasteiger partial charge in [-0.3, -0.25) is 0 Å². The van der Waals surface area contributed by atoms with Crippen LogP contribution in [0, 0.1) is 5.92 Å². The normalized spacial score (nSPS) is 17.7. The molecular formula is C10H17NO. The van der Waals surface area contributed by atoms with Gasteiger partial charge in [0.05, 0.1) is 6.54 Å². The summed E-state index contributed by atoms with van der Waals surface area (Å²) in [7, 11) is 0. The Morgan fingerprint density at radius 3 is 2.83 bits per heavy atom. The van der Waals surface area contributed by atoms with Gasteiger partial charge in [-0.1, -0.05) is 20.3 Å². The third kappa shape index (κ3) is 2.99. The molecular weight excluding hydrogens is 150 g/mol. The molecule has 0 aliphatic carbocycles. The molecule has 0 amide bonds. The SMILES string of the molecule is CCC(C)CCN1C=CC=CO1. The Labute approximate surface area is 74.5 Å². The molecule has 0 radical (unpaired) electrons. The van der Waals surface area contributed by atoms with Crippen molar-refractivity contribution < 1.29 is 4.84 Å². The molecule has 0 fully saturated rings. The van der Waals surface area contributed by atoms with Crippen LogP contribution in [0.4, 0.5) is 0 Å². The lowest BCUT2D eigenvalue weighted by molar-refractivity contribution is -0.0624. The predicted molar refractivity (Wildman–Crippen MR) is 50.1 cm³/mol. The van der Waals surface area contributed by atoms with E-state index in [1.165, 1.54) is 12.8 Å². The second-order valence-corrected chi connectivity index (χ2v) is 3.22. The first-order valence-electron chi connectivity index (χ1n) is 4.59. The van der Waals surface area contributed by atoms with Gasteiger partial charge in [0.15, 0.2) is 0 Å². The van der Waals surface area contributed by atoms with E-state index >= 15 is 0 Å². The van der Waals surface area contributed by atoms with E-state index in [1.807, 2.05) is 23.4 Å². The fraction of sp³-hybridized carbons (Fsp3) is 0.600. The molecule has 68 valence electrons. The summed E-state index contributed by atoms with van der Waals surface area (Å²) in [6.07, 6.45) is 9.97. The smallest absolute Gasteiger partial charge is 0.119 e. The molecule has 0 saturated carbocycles. The van der Waals surface area contributed by atoms with E-state index in [4.69, 9.17) is 4.84 Å². The highest BCUT2D eigenvalue weighted by atomic mass is 16.7. The van der Waals surface area contributed by atoms with E-state index in [2.05, 4.69) is 13.8 Å². The molecule has 0 bridgehead atoms. The van der Waals surface area contributed by atoms with E-state index in [0.29, 0.717) is 0 Å². The van der Waals surface area contributed by atoms with E-state index in [0.717, 1.165) is 12.5 Å². The third-order valence-corrected chi connectivity index (χ3v) is 2.18. The fourth-order valence-corrected chi connectivity index (χ4v) is 1.02. The summed E-state index contributed by atoms with van der Waals surface area (Å²) in [5, 5.41) is 1.87. The maximum atomic E-state index is 5.24. The van der Waals surface area contributed by atoms with E-state index in [9.17, 15) is 0 Å². The zero-order valence-corrected chi connectivity index (χ0v) is 7.86. The Balaban J connectivity index is 2.15. The van der Waals surface area contributed by atoms with Crippen LogP contribution in [-0.2, 0) is 4.84 Å². The highest BCUT2D eigenvalue weighted by molar-refractivity contribution is 5.01. The first-order valence-corrected chi connectivity index (χ1v) is 4.59. The second-order valence-electron chi connectivity index (χ2n) is 3.22. The van der Waals surface area contributed by atoms with Gasteiger partial charge in [0.25, 0.3) is 0 Å². The summed E-state index contributed by atoms with van der Waals surface area (Å²) in [4.78, 5) is 5.24. The fourth-order valence-electron chi connectivity index (χ4n) is 1.02. The summed E-state index contributed by atoms with van der Waals surface area (Å²) in [5.74, 6) is 0.785. The van der Waals surface area contributed by atoms with E-state index in [1.54, 1.807) is 6.26 Å². The van der Waals surface area contributed by atoms with Gasteiger partial charge in [0, 0.05) is 6.20 Å². The van der Waals surface area contributed by atoms with Crippen LogP contribution < -0.4 is 0 Å². The molecule has 12 heavy (non-hydrogen) atoms. The highest BCUT2D eigenvalue weighted by Gasteiger charge is 2.03. The number of allylic oxidation sites excluding steroid dienone is 2. The van der Waals surface area contributed by atoms with Crippen LogP contribution in [0.2, 0.25) is 0 Å². The van der Waals surface area contributed by atoms with Crippen molar-refractivity contribution in [3.8, 4) is 0 Å². The molecule has 0 aromatic rings. The second kappa shape index (κ2) is 4.86. The zero-order valence-electron chi connectivity index (χ0n) is 7.86. The lowest BCUT2D eigenvalue weighted by Gasteiger charge is -2.21. The molecule has 0 N–H and O–H groups in total. The van der Waals surface area contributed by atoms with Crippen LogP contribution in [0.15, 0.2) is 24.6 Å². The molecule has 1 unspecified atom stereocenters. The molecule has 1 aliphatic rings. The molecule has 1 heterocycles. The van der Waals surface area contributed by atoms with Crippen LogP contribution in [-0.4, -0.2) is 11.6 Å². The maximum absolute atomic E-state index is 5.24. The van der Waals surface area contributed by atoms with E-state index in [-0.39, 0.29) is 0 Å². The molecule has 0 aromatic carbocycles.